The predicted molar refractivity (Wildman–Crippen MR) is 104 cm³/mol. The molecular weight excluding hydrogens is 356 g/mol. The molecule has 3 heterocycles. The molecule has 0 aliphatic carbocycles. The molecule has 1 aliphatic rings. The third-order valence-corrected chi connectivity index (χ3v) is 4.88. The lowest BCUT2D eigenvalue weighted by atomic mass is 10.2. The van der Waals surface area contributed by atoms with Crippen molar-refractivity contribution < 1.29 is 4.79 Å². The summed E-state index contributed by atoms with van der Waals surface area (Å²) in [7, 11) is 0. The summed E-state index contributed by atoms with van der Waals surface area (Å²) in [6.45, 7) is 2.31. The van der Waals surface area contributed by atoms with Crippen molar-refractivity contribution in [1.29, 1.82) is 5.26 Å². The van der Waals surface area contributed by atoms with E-state index >= 15 is 0 Å². The van der Waals surface area contributed by atoms with Gasteiger partial charge in [-0.2, -0.15) is 5.26 Å². The lowest BCUT2D eigenvalue weighted by Gasteiger charge is -2.35. The maximum atomic E-state index is 12.8. The van der Waals surface area contributed by atoms with E-state index in [1.807, 2.05) is 18.2 Å². The highest BCUT2D eigenvalue weighted by Gasteiger charge is 2.23. The van der Waals surface area contributed by atoms with Crippen molar-refractivity contribution in [2.45, 2.75) is 6.54 Å². The lowest BCUT2D eigenvalue weighted by Crippen LogP contribution is -2.50. The van der Waals surface area contributed by atoms with Gasteiger partial charge in [-0.3, -0.25) is 14.2 Å². The van der Waals surface area contributed by atoms with E-state index < -0.39 is 0 Å². The van der Waals surface area contributed by atoms with Gasteiger partial charge in [-0.1, -0.05) is 12.1 Å². The van der Waals surface area contributed by atoms with Crippen molar-refractivity contribution in [2.75, 3.05) is 31.1 Å². The van der Waals surface area contributed by atoms with Crippen LogP contribution in [0, 0.1) is 11.3 Å². The fraction of sp³-hybridized carbons (Fsp3) is 0.250. The molecule has 8 heteroatoms. The maximum absolute atomic E-state index is 12.8. The van der Waals surface area contributed by atoms with Gasteiger partial charge in [0.05, 0.1) is 28.9 Å². The quantitative estimate of drug-likeness (QED) is 0.679. The van der Waals surface area contributed by atoms with Gasteiger partial charge in [-0.25, -0.2) is 9.97 Å². The molecule has 1 saturated heterocycles. The first kappa shape index (κ1) is 17.7. The number of aromatic nitrogens is 3. The van der Waals surface area contributed by atoms with Gasteiger partial charge in [0.1, 0.15) is 12.4 Å². The van der Waals surface area contributed by atoms with E-state index in [9.17, 15) is 9.59 Å². The maximum Gasteiger partial charge on any atom is 0.269 e. The van der Waals surface area contributed by atoms with Crippen molar-refractivity contribution in [3.63, 3.8) is 0 Å². The smallest absolute Gasteiger partial charge is 0.269 e. The average Bonchev–Trinajstić information content (AvgIpc) is 2.76. The second-order valence-electron chi connectivity index (χ2n) is 6.55. The number of anilines is 1. The first-order chi connectivity index (χ1) is 13.7. The summed E-state index contributed by atoms with van der Waals surface area (Å²) in [5, 5.41) is 9.03. The van der Waals surface area contributed by atoms with Crippen LogP contribution in [0.15, 0.2) is 53.6 Å². The molecule has 1 fully saturated rings. The topological polar surface area (TPSA) is 95.1 Å². The number of nitriles is 1. The Kier molecular flexibility index (Phi) is 4.72. The first-order valence-corrected chi connectivity index (χ1v) is 8.99. The van der Waals surface area contributed by atoms with Crippen molar-refractivity contribution in [2.24, 2.45) is 0 Å². The van der Waals surface area contributed by atoms with Crippen LogP contribution in [0.1, 0.15) is 5.56 Å². The molecule has 3 aromatic rings. The zero-order valence-corrected chi connectivity index (χ0v) is 15.2. The minimum absolute atomic E-state index is 0.00989. The Morgan fingerprint density at radius 3 is 2.68 bits per heavy atom. The van der Waals surface area contributed by atoms with E-state index in [2.05, 4.69) is 20.9 Å². The van der Waals surface area contributed by atoms with Gasteiger partial charge in [-0.15, -0.1) is 0 Å². The summed E-state index contributed by atoms with van der Waals surface area (Å²) < 4.78 is 1.47. The fourth-order valence-electron chi connectivity index (χ4n) is 3.36. The highest BCUT2D eigenvalue weighted by molar-refractivity contribution is 5.80. The summed E-state index contributed by atoms with van der Waals surface area (Å²) in [6.07, 6.45) is 2.87. The molecule has 0 saturated carbocycles. The number of amides is 1. The zero-order valence-electron chi connectivity index (χ0n) is 15.2. The van der Waals surface area contributed by atoms with Gasteiger partial charge in [-0.05, 0) is 24.3 Å². The number of rotatable bonds is 3. The lowest BCUT2D eigenvalue weighted by molar-refractivity contribution is -0.132. The molecule has 4 rings (SSSR count). The molecular formula is C20H18N6O2. The Morgan fingerprint density at radius 1 is 1.11 bits per heavy atom. The highest BCUT2D eigenvalue weighted by atomic mass is 16.2. The van der Waals surface area contributed by atoms with Crippen LogP contribution < -0.4 is 10.5 Å². The van der Waals surface area contributed by atoms with Gasteiger partial charge in [0, 0.05) is 32.4 Å². The molecule has 0 N–H and O–H groups in total. The molecule has 0 spiro atoms. The molecule has 1 amide bonds. The van der Waals surface area contributed by atoms with Crippen molar-refractivity contribution >= 4 is 22.8 Å². The van der Waals surface area contributed by atoms with Gasteiger partial charge in [0.25, 0.3) is 5.56 Å². The van der Waals surface area contributed by atoms with E-state index in [1.165, 1.54) is 10.8 Å². The molecule has 0 bridgehead atoms. The number of fused-ring (bicyclic) bond motifs is 1. The SMILES string of the molecule is N#Cc1ccnc(N2CCN(C(=O)Cn3c(=O)cnc4ccccc43)CC2)c1. The Bertz CT molecular complexity index is 1130. The number of hydrogen-bond acceptors (Lipinski definition) is 6. The Hall–Kier alpha value is -3.73. The van der Waals surface area contributed by atoms with Crippen molar-refractivity contribution in [3.8, 4) is 6.07 Å². The summed E-state index contributed by atoms with van der Waals surface area (Å²) >= 11 is 0. The van der Waals surface area contributed by atoms with Crippen LogP contribution in [0.5, 0.6) is 0 Å². The third-order valence-electron chi connectivity index (χ3n) is 4.88. The summed E-state index contributed by atoms with van der Waals surface area (Å²) in [4.78, 5) is 37.3. The molecule has 8 nitrogen and oxygen atoms in total. The van der Waals surface area contributed by atoms with E-state index in [1.54, 1.807) is 29.3 Å². The van der Waals surface area contributed by atoms with Gasteiger partial charge in [0.2, 0.25) is 5.91 Å². The molecule has 0 radical (unpaired) electrons. The van der Waals surface area contributed by atoms with E-state index in [0.29, 0.717) is 42.8 Å². The molecule has 0 atom stereocenters. The van der Waals surface area contributed by atoms with Gasteiger partial charge in [0.15, 0.2) is 0 Å². The minimum Gasteiger partial charge on any atom is -0.353 e. The summed E-state index contributed by atoms with van der Waals surface area (Å²) in [5.74, 6) is 0.638. The number of pyridine rings is 1. The van der Waals surface area contributed by atoms with E-state index in [0.717, 1.165) is 5.82 Å². The van der Waals surface area contributed by atoms with Crippen LogP contribution in [-0.4, -0.2) is 51.5 Å². The normalized spacial score (nSPS) is 14.1. The zero-order chi connectivity index (χ0) is 19.5. The Morgan fingerprint density at radius 2 is 1.89 bits per heavy atom. The number of nitrogens with zero attached hydrogens (tertiary/aromatic N) is 6. The highest BCUT2D eigenvalue weighted by Crippen LogP contribution is 2.15. The molecule has 0 unspecified atom stereocenters. The number of piperazine rings is 1. The predicted octanol–water partition coefficient (Wildman–Crippen LogP) is 1.01. The molecule has 2 aromatic heterocycles. The number of benzene rings is 1. The summed E-state index contributed by atoms with van der Waals surface area (Å²) in [6, 6.07) is 12.8. The Balaban J connectivity index is 1.46. The number of carbonyl (C=O) groups is 1. The van der Waals surface area contributed by atoms with Crippen molar-refractivity contribution in [1.82, 2.24) is 19.4 Å². The first-order valence-electron chi connectivity index (χ1n) is 8.99. The van der Waals surface area contributed by atoms with Crippen LogP contribution in [0.3, 0.4) is 0 Å². The average molecular weight is 374 g/mol. The number of para-hydroxylation sites is 2. The van der Waals surface area contributed by atoms with E-state index in [4.69, 9.17) is 5.26 Å². The van der Waals surface area contributed by atoms with Crippen LogP contribution in [0.2, 0.25) is 0 Å². The van der Waals surface area contributed by atoms with E-state index in [-0.39, 0.29) is 18.0 Å². The number of hydrogen-bond donors (Lipinski definition) is 0. The standard InChI is InChI=1S/C20H18N6O2/c21-12-15-5-6-22-18(11-15)24-7-9-25(10-8-24)20(28)14-26-17-4-2-1-3-16(17)23-13-19(26)27/h1-6,11,13H,7-10,14H2. The Labute approximate surface area is 161 Å². The third kappa shape index (κ3) is 3.42. The molecule has 28 heavy (non-hydrogen) atoms. The second-order valence-corrected chi connectivity index (χ2v) is 6.55. The van der Waals surface area contributed by atoms with Crippen LogP contribution in [0.4, 0.5) is 5.82 Å². The van der Waals surface area contributed by atoms with Crippen LogP contribution in [-0.2, 0) is 11.3 Å². The second kappa shape index (κ2) is 7.48. The summed E-state index contributed by atoms with van der Waals surface area (Å²) in [5.41, 5.74) is 1.61. The monoisotopic (exact) mass is 374 g/mol. The van der Waals surface area contributed by atoms with Crippen LogP contribution >= 0.6 is 0 Å². The largest absolute Gasteiger partial charge is 0.353 e. The molecule has 1 aliphatic heterocycles. The van der Waals surface area contributed by atoms with Crippen molar-refractivity contribution in [3.05, 3.63) is 64.7 Å². The minimum atomic E-state index is -0.289. The van der Waals surface area contributed by atoms with Crippen LogP contribution in [0.25, 0.3) is 11.0 Å². The van der Waals surface area contributed by atoms with Gasteiger partial charge < -0.3 is 9.80 Å². The molecule has 1 aromatic carbocycles. The number of carbonyl (C=O) groups excluding carboxylic acids is 1. The van der Waals surface area contributed by atoms with Gasteiger partial charge >= 0.3 is 0 Å². The molecule has 140 valence electrons. The fourth-order valence-corrected chi connectivity index (χ4v) is 3.36.